The highest BCUT2D eigenvalue weighted by Crippen LogP contribution is 2.52. The van der Waals surface area contributed by atoms with E-state index in [1.54, 1.807) is 0 Å². The van der Waals surface area contributed by atoms with Crippen LogP contribution in [0.25, 0.3) is 27.6 Å². The van der Waals surface area contributed by atoms with Gasteiger partial charge in [-0.25, -0.2) is 4.98 Å². The molecule has 5 heteroatoms. The van der Waals surface area contributed by atoms with Crippen LogP contribution in [0.4, 0.5) is 22.7 Å². The van der Waals surface area contributed by atoms with E-state index in [0.29, 0.717) is 6.67 Å². The zero-order chi connectivity index (χ0) is 53.6. The molecule has 0 fully saturated rings. The summed E-state index contributed by atoms with van der Waals surface area (Å²) in [5, 5.41) is 2.35. The van der Waals surface area contributed by atoms with Gasteiger partial charge in [0, 0.05) is 51.3 Å². The molecule has 0 N–H and O–H groups in total. The van der Waals surface area contributed by atoms with Gasteiger partial charge in [0.05, 0.1) is 22.4 Å². The van der Waals surface area contributed by atoms with Crippen molar-refractivity contribution >= 4 is 44.6 Å². The van der Waals surface area contributed by atoms with E-state index in [2.05, 4.69) is 289 Å². The number of ether oxygens (including phenoxy) is 1. The highest BCUT2D eigenvalue weighted by atomic mass is 16.5. The van der Waals surface area contributed by atoms with E-state index in [1.807, 2.05) is 6.20 Å². The Morgan fingerprint density at radius 2 is 0.867 bits per heavy atom. The van der Waals surface area contributed by atoms with Crippen molar-refractivity contribution in [2.75, 3.05) is 16.5 Å². The smallest absolute Gasteiger partial charge is 0.137 e. The standard InChI is InChI=1S/C70H78N4O/c1-65(2,3)48-33-34-71-64(40-48)74-60-30-24-23-29-56(60)57-32-31-54(42-61(57)74)75-55-39-49(66(4,5)6)36-53(41-55)73-45-72(62-43-58(67(7,8)9)59(44-63(62)73)68(10,11)12)52-37-50(69(13,14)46-25-19-17-20-26-46)35-51(38-52)70(15,16)47-27-21-18-22-28-47/h17-44H,45H2,1-16H3. The van der Waals surface area contributed by atoms with Crippen molar-refractivity contribution in [3.8, 4) is 17.3 Å². The minimum absolute atomic E-state index is 0.0257. The number of fused-ring (bicyclic) bond motifs is 4. The summed E-state index contributed by atoms with van der Waals surface area (Å²) in [5.74, 6) is 2.47. The summed E-state index contributed by atoms with van der Waals surface area (Å²) in [6, 6.07) is 60.8. The number of pyridine rings is 1. The summed E-state index contributed by atoms with van der Waals surface area (Å²) < 4.78 is 9.44. The van der Waals surface area contributed by atoms with Crippen LogP contribution < -0.4 is 14.5 Å². The fourth-order valence-electron chi connectivity index (χ4n) is 11.2. The van der Waals surface area contributed by atoms with Gasteiger partial charge in [0.25, 0.3) is 0 Å². The predicted octanol–water partition coefficient (Wildman–Crippen LogP) is 19.1. The van der Waals surface area contributed by atoms with Crippen molar-refractivity contribution in [1.82, 2.24) is 9.55 Å². The number of aromatic nitrogens is 2. The van der Waals surface area contributed by atoms with Crippen molar-refractivity contribution in [2.45, 2.75) is 143 Å². The van der Waals surface area contributed by atoms with Crippen LogP contribution in [0.1, 0.15) is 155 Å². The minimum atomic E-state index is -0.272. The molecule has 1 aliphatic heterocycles. The van der Waals surface area contributed by atoms with Crippen LogP contribution in [0.2, 0.25) is 0 Å². The summed E-state index contributed by atoms with van der Waals surface area (Å²) in [5.41, 5.74) is 16.2. The number of rotatable bonds is 9. The number of hydrogen-bond donors (Lipinski definition) is 0. The molecule has 0 spiro atoms. The second kappa shape index (κ2) is 18.3. The first kappa shape index (κ1) is 51.4. The number of nitrogens with zero attached hydrogens (tertiary/aromatic N) is 4. The first-order valence-electron chi connectivity index (χ1n) is 27.0. The average molecular weight is 991 g/mol. The Labute approximate surface area is 448 Å². The third kappa shape index (κ3) is 9.64. The van der Waals surface area contributed by atoms with Crippen LogP contribution in [0.5, 0.6) is 11.5 Å². The van der Waals surface area contributed by atoms with Crippen molar-refractivity contribution < 1.29 is 4.74 Å². The fraction of sp³-hybridized carbons (Fsp3) is 0.329. The number of para-hydroxylation sites is 1. The molecular weight excluding hydrogens is 913 g/mol. The van der Waals surface area contributed by atoms with Crippen LogP contribution in [0.15, 0.2) is 170 Å². The lowest BCUT2D eigenvalue weighted by Crippen LogP contribution is -2.27. The van der Waals surface area contributed by atoms with E-state index in [1.165, 1.54) is 67.0 Å². The predicted molar refractivity (Wildman–Crippen MR) is 319 cm³/mol. The van der Waals surface area contributed by atoms with Crippen LogP contribution in [-0.2, 0) is 32.5 Å². The monoisotopic (exact) mass is 991 g/mol. The van der Waals surface area contributed by atoms with Gasteiger partial charge in [-0.15, -0.1) is 0 Å². The maximum Gasteiger partial charge on any atom is 0.137 e. The highest BCUT2D eigenvalue weighted by molar-refractivity contribution is 6.09. The van der Waals surface area contributed by atoms with E-state index in [9.17, 15) is 0 Å². The van der Waals surface area contributed by atoms with E-state index in [4.69, 9.17) is 9.72 Å². The van der Waals surface area contributed by atoms with Gasteiger partial charge >= 0.3 is 0 Å². The summed E-state index contributed by atoms with van der Waals surface area (Å²) in [6.45, 7) is 37.9. The summed E-state index contributed by atoms with van der Waals surface area (Å²) in [6.07, 6.45) is 1.94. The summed E-state index contributed by atoms with van der Waals surface area (Å²) in [7, 11) is 0. The first-order valence-corrected chi connectivity index (χ1v) is 27.0. The molecule has 0 saturated heterocycles. The van der Waals surface area contributed by atoms with Crippen molar-refractivity contribution in [3.63, 3.8) is 0 Å². The Bertz CT molecular complexity index is 3520. The zero-order valence-corrected chi connectivity index (χ0v) is 47.6. The van der Waals surface area contributed by atoms with Crippen LogP contribution in [0, 0.1) is 0 Å². The molecule has 0 amide bonds. The maximum atomic E-state index is 7.15. The van der Waals surface area contributed by atoms with Gasteiger partial charge in [-0.05, 0) is 133 Å². The molecule has 7 aromatic carbocycles. The Balaban J connectivity index is 1.15. The molecule has 0 radical (unpaired) electrons. The van der Waals surface area contributed by atoms with Crippen LogP contribution in [-0.4, -0.2) is 16.2 Å². The molecule has 0 bridgehead atoms. The Morgan fingerprint density at radius 1 is 0.373 bits per heavy atom. The van der Waals surface area contributed by atoms with Gasteiger partial charge in [-0.1, -0.05) is 196 Å². The SMILES string of the molecule is CC(C)(C)c1cc(Oc2ccc3c4ccccc4n(-c4cc(C(C)(C)C)ccn4)c3c2)cc(N2CN(c3cc(C(C)(C)c4ccccc4)cc(C(C)(C)c4ccccc4)c3)c3cc(C(C)(C)C)c(C(C)(C)C)cc32)c1. The topological polar surface area (TPSA) is 33.5 Å². The first-order chi connectivity index (χ1) is 35.2. The molecule has 75 heavy (non-hydrogen) atoms. The normalized spacial score (nSPS) is 13.8. The molecule has 5 nitrogen and oxygen atoms in total. The largest absolute Gasteiger partial charge is 0.457 e. The van der Waals surface area contributed by atoms with Crippen LogP contribution in [0.3, 0.4) is 0 Å². The quantitative estimate of drug-likeness (QED) is 0.144. The van der Waals surface area contributed by atoms with Gasteiger partial charge < -0.3 is 14.5 Å². The second-order valence-electron chi connectivity index (χ2n) is 26.4. The van der Waals surface area contributed by atoms with E-state index in [-0.39, 0.29) is 32.5 Å². The van der Waals surface area contributed by atoms with Crippen LogP contribution >= 0.6 is 0 Å². The van der Waals surface area contributed by atoms with Gasteiger partial charge in [-0.2, -0.15) is 0 Å². The number of benzene rings is 7. The lowest BCUT2D eigenvalue weighted by molar-refractivity contribution is 0.479. The molecule has 384 valence electrons. The zero-order valence-electron chi connectivity index (χ0n) is 47.6. The van der Waals surface area contributed by atoms with E-state index < -0.39 is 0 Å². The van der Waals surface area contributed by atoms with Gasteiger partial charge in [-0.3, -0.25) is 4.57 Å². The molecular formula is C70H78N4O. The number of hydrogen-bond acceptors (Lipinski definition) is 4. The molecule has 0 atom stereocenters. The molecule has 10 rings (SSSR count). The maximum absolute atomic E-state index is 7.15. The second-order valence-corrected chi connectivity index (χ2v) is 26.4. The van der Waals surface area contributed by atoms with Gasteiger partial charge in [0.15, 0.2) is 0 Å². The summed E-state index contributed by atoms with van der Waals surface area (Å²) in [4.78, 5) is 10.1. The molecule has 0 saturated carbocycles. The molecule has 2 aromatic heterocycles. The Kier molecular flexibility index (Phi) is 12.6. The average Bonchev–Trinajstić information content (AvgIpc) is 3.91. The minimum Gasteiger partial charge on any atom is -0.457 e. The lowest BCUT2D eigenvalue weighted by atomic mass is 9.73. The third-order valence-electron chi connectivity index (χ3n) is 16.0. The fourth-order valence-corrected chi connectivity index (χ4v) is 11.2. The van der Waals surface area contributed by atoms with Crippen molar-refractivity contribution in [3.05, 3.63) is 214 Å². The molecule has 9 aromatic rings. The van der Waals surface area contributed by atoms with E-state index in [0.717, 1.165) is 39.4 Å². The van der Waals surface area contributed by atoms with Gasteiger partial charge in [0.1, 0.15) is 24.0 Å². The highest BCUT2D eigenvalue weighted by Gasteiger charge is 2.37. The van der Waals surface area contributed by atoms with E-state index >= 15 is 0 Å². The molecule has 0 unspecified atom stereocenters. The molecule has 0 aliphatic carbocycles. The van der Waals surface area contributed by atoms with Crippen molar-refractivity contribution in [2.24, 2.45) is 0 Å². The lowest BCUT2D eigenvalue weighted by Gasteiger charge is -2.34. The Morgan fingerprint density at radius 3 is 1.40 bits per heavy atom. The van der Waals surface area contributed by atoms with Gasteiger partial charge in [0.2, 0.25) is 0 Å². The summed E-state index contributed by atoms with van der Waals surface area (Å²) >= 11 is 0. The molecule has 3 heterocycles. The molecule has 1 aliphatic rings. The Hall–Kier alpha value is -7.11. The number of anilines is 4. The van der Waals surface area contributed by atoms with Crippen molar-refractivity contribution in [1.29, 1.82) is 0 Å². The third-order valence-corrected chi connectivity index (χ3v) is 16.0.